The molecule has 1 heterocycles. The number of ether oxygens (including phenoxy) is 2. The van der Waals surface area contributed by atoms with Gasteiger partial charge >= 0.3 is 6.18 Å². The molecule has 6 heteroatoms. The largest absolute Gasteiger partial charge is 0.486 e. The van der Waals surface area contributed by atoms with Crippen LogP contribution in [0.4, 0.5) is 13.2 Å². The number of rotatable bonds is 4. The van der Waals surface area contributed by atoms with E-state index in [1.54, 1.807) is 24.3 Å². The Morgan fingerprint density at radius 1 is 1.04 bits per heavy atom. The normalized spacial score (nSPS) is 21.0. The van der Waals surface area contributed by atoms with Crippen molar-refractivity contribution in [1.29, 1.82) is 0 Å². The molecule has 1 aliphatic rings. The highest BCUT2D eigenvalue weighted by atomic mass is 19.4. The highest BCUT2D eigenvalue weighted by Gasteiger charge is 2.32. The van der Waals surface area contributed by atoms with E-state index in [1.807, 2.05) is 6.07 Å². The maximum absolute atomic E-state index is 13.1. The average Bonchev–Trinajstić information content (AvgIpc) is 2.58. The van der Waals surface area contributed by atoms with Crippen LogP contribution in [0.5, 0.6) is 17.2 Å². The summed E-state index contributed by atoms with van der Waals surface area (Å²) in [4.78, 5) is 0. The fraction of sp³-hybridized carbons (Fsp3) is 0.368. The summed E-state index contributed by atoms with van der Waals surface area (Å²) in [6.45, 7) is 3.70. The molecule has 1 saturated heterocycles. The Balaban J connectivity index is 1.90. The topological polar surface area (TPSA) is 30.5 Å². The number of para-hydroxylation sites is 1. The van der Waals surface area contributed by atoms with E-state index >= 15 is 0 Å². The maximum atomic E-state index is 13.1. The third-order valence-corrected chi connectivity index (χ3v) is 4.23. The van der Waals surface area contributed by atoms with Crippen molar-refractivity contribution in [3.8, 4) is 17.2 Å². The van der Waals surface area contributed by atoms with Gasteiger partial charge in [0, 0.05) is 12.5 Å². The van der Waals surface area contributed by atoms with E-state index in [0.29, 0.717) is 11.5 Å². The Morgan fingerprint density at radius 2 is 1.80 bits per heavy atom. The molecule has 1 aliphatic heterocycles. The fourth-order valence-electron chi connectivity index (χ4n) is 2.81. The zero-order valence-electron chi connectivity index (χ0n) is 13.8. The zero-order valence-corrected chi connectivity index (χ0v) is 13.8. The number of piperidine rings is 1. The van der Waals surface area contributed by atoms with Crippen LogP contribution in [0.25, 0.3) is 0 Å². The van der Waals surface area contributed by atoms with Gasteiger partial charge in [-0.25, -0.2) is 0 Å². The molecule has 0 amide bonds. The van der Waals surface area contributed by atoms with Crippen molar-refractivity contribution in [3.05, 3.63) is 54.1 Å². The molecule has 0 spiro atoms. The van der Waals surface area contributed by atoms with Crippen LogP contribution in [0.1, 0.15) is 18.9 Å². The third-order valence-electron chi connectivity index (χ3n) is 4.23. The van der Waals surface area contributed by atoms with Gasteiger partial charge in [0.05, 0.1) is 5.56 Å². The summed E-state index contributed by atoms with van der Waals surface area (Å²) >= 11 is 0. The lowest BCUT2D eigenvalue weighted by Gasteiger charge is -2.30. The van der Waals surface area contributed by atoms with Crippen LogP contribution in [-0.2, 0) is 6.18 Å². The number of hydrogen-bond donors (Lipinski definition) is 1. The van der Waals surface area contributed by atoms with Gasteiger partial charge in [0.25, 0.3) is 0 Å². The van der Waals surface area contributed by atoms with Crippen molar-refractivity contribution in [1.82, 2.24) is 5.32 Å². The Bertz CT molecular complexity index is 704. The molecule has 2 aromatic rings. The second-order valence-corrected chi connectivity index (χ2v) is 6.20. The Hall–Kier alpha value is -2.21. The molecule has 2 aromatic carbocycles. The number of halogens is 3. The molecule has 25 heavy (non-hydrogen) atoms. The van der Waals surface area contributed by atoms with Crippen molar-refractivity contribution < 1.29 is 22.6 Å². The standard InChI is InChI=1S/C19H20F3NO2/c1-13-12-23-10-9-16(13)25-17-8-7-14(19(20,21)22)11-18(17)24-15-5-3-2-4-6-15/h2-8,11,13,16,23H,9-10,12H2,1H3/t13-,16-/m0/s1. The highest BCUT2D eigenvalue weighted by Crippen LogP contribution is 2.39. The van der Waals surface area contributed by atoms with Gasteiger partial charge in [-0.05, 0) is 43.3 Å². The minimum Gasteiger partial charge on any atom is -0.486 e. The van der Waals surface area contributed by atoms with Crippen LogP contribution >= 0.6 is 0 Å². The van der Waals surface area contributed by atoms with Crippen LogP contribution in [0.2, 0.25) is 0 Å². The lowest BCUT2D eigenvalue weighted by Crippen LogP contribution is -2.41. The predicted octanol–water partition coefficient (Wildman–Crippen LogP) is 4.87. The zero-order chi connectivity index (χ0) is 17.9. The smallest absolute Gasteiger partial charge is 0.416 e. The molecule has 0 radical (unpaired) electrons. The second-order valence-electron chi connectivity index (χ2n) is 6.20. The molecular weight excluding hydrogens is 331 g/mol. The molecule has 3 rings (SSSR count). The molecule has 134 valence electrons. The van der Waals surface area contributed by atoms with Crippen molar-refractivity contribution in [3.63, 3.8) is 0 Å². The summed E-state index contributed by atoms with van der Waals surface area (Å²) in [5.74, 6) is 1.13. The first kappa shape index (κ1) is 17.6. The quantitative estimate of drug-likeness (QED) is 0.852. The average molecular weight is 351 g/mol. The summed E-state index contributed by atoms with van der Waals surface area (Å²) in [5.41, 5.74) is -0.760. The lowest BCUT2D eigenvalue weighted by atomic mass is 9.98. The van der Waals surface area contributed by atoms with Crippen LogP contribution < -0.4 is 14.8 Å². The first-order valence-corrected chi connectivity index (χ1v) is 8.25. The predicted molar refractivity (Wildman–Crippen MR) is 89.0 cm³/mol. The second kappa shape index (κ2) is 7.35. The third kappa shape index (κ3) is 4.45. The summed E-state index contributed by atoms with van der Waals surface area (Å²) in [5, 5.41) is 3.27. The molecule has 0 aromatic heterocycles. The monoisotopic (exact) mass is 351 g/mol. The van der Waals surface area contributed by atoms with Crippen LogP contribution in [-0.4, -0.2) is 19.2 Å². The molecular formula is C19H20F3NO2. The van der Waals surface area contributed by atoms with Crippen molar-refractivity contribution in [2.45, 2.75) is 25.6 Å². The van der Waals surface area contributed by atoms with Gasteiger partial charge in [-0.2, -0.15) is 13.2 Å². The van der Waals surface area contributed by atoms with E-state index in [-0.39, 0.29) is 17.8 Å². The number of hydrogen-bond acceptors (Lipinski definition) is 3. The molecule has 1 N–H and O–H groups in total. The number of benzene rings is 2. The van der Waals surface area contributed by atoms with Gasteiger partial charge in [-0.15, -0.1) is 0 Å². The molecule has 1 fully saturated rings. The summed E-state index contributed by atoms with van der Waals surface area (Å²) in [6.07, 6.45) is -3.70. The van der Waals surface area contributed by atoms with Gasteiger partial charge in [-0.3, -0.25) is 0 Å². The van der Waals surface area contributed by atoms with Crippen molar-refractivity contribution >= 4 is 0 Å². The minimum atomic E-state index is -4.44. The molecule has 2 atom stereocenters. The first-order chi connectivity index (χ1) is 11.9. The van der Waals surface area contributed by atoms with E-state index in [4.69, 9.17) is 9.47 Å². The number of nitrogens with one attached hydrogen (secondary N) is 1. The van der Waals surface area contributed by atoms with Crippen LogP contribution in [0, 0.1) is 5.92 Å². The van der Waals surface area contributed by atoms with E-state index in [0.717, 1.165) is 31.6 Å². The maximum Gasteiger partial charge on any atom is 0.416 e. The fourth-order valence-corrected chi connectivity index (χ4v) is 2.81. The van der Waals surface area contributed by atoms with Crippen LogP contribution in [0.15, 0.2) is 48.5 Å². The first-order valence-electron chi connectivity index (χ1n) is 8.25. The molecule has 0 saturated carbocycles. The SMILES string of the molecule is C[C@H]1CNCC[C@@H]1Oc1ccc(C(F)(F)F)cc1Oc1ccccc1. The molecule has 0 unspecified atom stereocenters. The van der Waals surface area contributed by atoms with E-state index in [9.17, 15) is 13.2 Å². The van der Waals surface area contributed by atoms with Crippen molar-refractivity contribution in [2.75, 3.05) is 13.1 Å². The summed E-state index contributed by atoms with van der Waals surface area (Å²) < 4.78 is 50.9. The van der Waals surface area contributed by atoms with Gasteiger partial charge in [0.15, 0.2) is 11.5 Å². The Kier molecular flexibility index (Phi) is 5.18. The van der Waals surface area contributed by atoms with Gasteiger partial charge < -0.3 is 14.8 Å². The Labute approximate surface area is 144 Å². The Morgan fingerprint density at radius 3 is 2.48 bits per heavy atom. The van der Waals surface area contributed by atoms with Gasteiger partial charge in [-0.1, -0.05) is 25.1 Å². The van der Waals surface area contributed by atoms with E-state index in [1.165, 1.54) is 6.07 Å². The van der Waals surface area contributed by atoms with E-state index in [2.05, 4.69) is 12.2 Å². The molecule has 0 bridgehead atoms. The lowest BCUT2D eigenvalue weighted by molar-refractivity contribution is -0.137. The number of alkyl halides is 3. The molecule has 3 nitrogen and oxygen atoms in total. The summed E-state index contributed by atoms with van der Waals surface area (Å²) in [6, 6.07) is 12.1. The van der Waals surface area contributed by atoms with Crippen molar-refractivity contribution in [2.24, 2.45) is 5.92 Å². The molecule has 0 aliphatic carbocycles. The summed E-state index contributed by atoms with van der Waals surface area (Å²) in [7, 11) is 0. The van der Waals surface area contributed by atoms with Gasteiger partial charge in [0.2, 0.25) is 0 Å². The minimum absolute atomic E-state index is 0.0592. The highest BCUT2D eigenvalue weighted by molar-refractivity contribution is 5.46. The van der Waals surface area contributed by atoms with Gasteiger partial charge in [0.1, 0.15) is 11.9 Å². The van der Waals surface area contributed by atoms with Crippen LogP contribution in [0.3, 0.4) is 0 Å². The van der Waals surface area contributed by atoms with E-state index < -0.39 is 11.7 Å².